The van der Waals surface area contributed by atoms with E-state index in [1.165, 1.54) is 0 Å². The van der Waals surface area contributed by atoms with Gasteiger partial charge in [0.05, 0.1) is 10.7 Å². The van der Waals surface area contributed by atoms with Gasteiger partial charge >= 0.3 is 0 Å². The van der Waals surface area contributed by atoms with Crippen molar-refractivity contribution in [2.45, 2.75) is 6.92 Å². The van der Waals surface area contributed by atoms with Crippen LogP contribution in [0.4, 0.5) is 5.69 Å². The van der Waals surface area contributed by atoms with Crippen molar-refractivity contribution >= 4 is 23.2 Å². The van der Waals surface area contributed by atoms with Crippen molar-refractivity contribution in [3.05, 3.63) is 52.5 Å². The molecule has 2 aromatic carbocycles. The molecule has 0 saturated heterocycles. The number of carbonyl (C=O) groups excluding carboxylic acids is 1. The van der Waals surface area contributed by atoms with Crippen LogP contribution < -0.4 is 14.8 Å². The lowest BCUT2D eigenvalue weighted by Gasteiger charge is -2.18. The first-order chi connectivity index (χ1) is 10.1. The van der Waals surface area contributed by atoms with Crippen LogP contribution in [0.2, 0.25) is 5.02 Å². The van der Waals surface area contributed by atoms with Crippen molar-refractivity contribution in [3.63, 3.8) is 0 Å². The van der Waals surface area contributed by atoms with E-state index in [4.69, 9.17) is 21.1 Å². The second kappa shape index (κ2) is 5.66. The average molecular weight is 304 g/mol. The zero-order valence-electron chi connectivity index (χ0n) is 11.5. The van der Waals surface area contributed by atoms with E-state index in [9.17, 15) is 4.79 Å². The van der Waals surface area contributed by atoms with Crippen molar-refractivity contribution in [2.24, 2.45) is 0 Å². The molecule has 0 aromatic heterocycles. The van der Waals surface area contributed by atoms with Crippen LogP contribution in [0.3, 0.4) is 0 Å². The van der Waals surface area contributed by atoms with E-state index in [1.807, 2.05) is 13.0 Å². The molecule has 0 atom stereocenters. The number of carbonyl (C=O) groups is 1. The number of halogens is 1. The molecule has 0 aliphatic carbocycles. The summed E-state index contributed by atoms with van der Waals surface area (Å²) in [6.07, 6.45) is 0. The first kappa shape index (κ1) is 13.8. The highest BCUT2D eigenvalue weighted by molar-refractivity contribution is 6.34. The first-order valence-corrected chi connectivity index (χ1v) is 6.98. The number of amides is 1. The maximum absolute atomic E-state index is 12.3. The van der Waals surface area contributed by atoms with Crippen LogP contribution in [0.25, 0.3) is 0 Å². The average Bonchev–Trinajstić information content (AvgIpc) is 2.49. The van der Waals surface area contributed by atoms with Crippen LogP contribution in [-0.4, -0.2) is 19.1 Å². The van der Waals surface area contributed by atoms with Gasteiger partial charge in [-0.3, -0.25) is 4.79 Å². The van der Waals surface area contributed by atoms with Crippen molar-refractivity contribution in [3.8, 4) is 11.5 Å². The number of benzene rings is 2. The first-order valence-electron chi connectivity index (χ1n) is 6.60. The summed E-state index contributed by atoms with van der Waals surface area (Å²) in [5.74, 6) is 1.01. The van der Waals surface area contributed by atoms with E-state index in [1.54, 1.807) is 30.3 Å². The summed E-state index contributed by atoms with van der Waals surface area (Å²) in [7, 11) is 0. The Morgan fingerprint density at radius 1 is 1.10 bits per heavy atom. The predicted molar refractivity (Wildman–Crippen MR) is 81.6 cm³/mol. The van der Waals surface area contributed by atoms with E-state index in [2.05, 4.69) is 5.32 Å². The fraction of sp³-hybridized carbons (Fsp3) is 0.188. The number of hydrogen-bond donors (Lipinski definition) is 1. The summed E-state index contributed by atoms with van der Waals surface area (Å²) >= 11 is 6.12. The molecule has 2 aromatic rings. The number of nitrogens with one attached hydrogen (secondary N) is 1. The molecule has 4 nitrogen and oxygen atoms in total. The summed E-state index contributed by atoms with van der Waals surface area (Å²) in [5, 5.41) is 3.31. The Morgan fingerprint density at radius 3 is 2.62 bits per heavy atom. The highest BCUT2D eigenvalue weighted by Crippen LogP contribution is 2.31. The van der Waals surface area contributed by atoms with Gasteiger partial charge in [0.15, 0.2) is 11.5 Å². The Morgan fingerprint density at radius 2 is 1.86 bits per heavy atom. The summed E-state index contributed by atoms with van der Waals surface area (Å²) in [5.41, 5.74) is 2.12. The highest BCUT2D eigenvalue weighted by Gasteiger charge is 2.15. The molecule has 5 heteroatoms. The SMILES string of the molecule is Cc1ccc(NC(=O)c2ccc3c(c2)OCCO3)c(Cl)c1. The molecule has 1 heterocycles. The summed E-state index contributed by atoms with van der Waals surface area (Å²) in [4.78, 5) is 12.3. The largest absolute Gasteiger partial charge is 0.486 e. The summed E-state index contributed by atoms with van der Waals surface area (Å²) in [6.45, 7) is 2.96. The van der Waals surface area contributed by atoms with Gasteiger partial charge in [0.1, 0.15) is 13.2 Å². The second-order valence-electron chi connectivity index (χ2n) is 4.80. The topological polar surface area (TPSA) is 47.6 Å². The normalized spacial score (nSPS) is 12.9. The number of fused-ring (bicyclic) bond motifs is 1. The minimum absolute atomic E-state index is 0.238. The molecule has 3 rings (SSSR count). The van der Waals surface area contributed by atoms with Crippen molar-refractivity contribution in [1.82, 2.24) is 0 Å². The van der Waals surface area contributed by atoms with Crippen LogP contribution in [0.1, 0.15) is 15.9 Å². The van der Waals surface area contributed by atoms with Gasteiger partial charge in [-0.1, -0.05) is 17.7 Å². The minimum atomic E-state index is -0.238. The molecule has 0 saturated carbocycles. The number of aryl methyl sites for hydroxylation is 1. The molecular formula is C16H14ClNO3. The molecule has 108 valence electrons. The second-order valence-corrected chi connectivity index (χ2v) is 5.20. The Kier molecular flexibility index (Phi) is 3.71. The molecule has 1 aliphatic heterocycles. The van der Waals surface area contributed by atoms with Gasteiger partial charge in [0.2, 0.25) is 0 Å². The lowest BCUT2D eigenvalue weighted by molar-refractivity contribution is 0.102. The maximum atomic E-state index is 12.3. The third-order valence-electron chi connectivity index (χ3n) is 3.18. The van der Waals surface area contributed by atoms with Crippen molar-refractivity contribution in [2.75, 3.05) is 18.5 Å². The van der Waals surface area contributed by atoms with Gasteiger partial charge in [0.25, 0.3) is 5.91 Å². The van der Waals surface area contributed by atoms with Gasteiger partial charge in [-0.2, -0.15) is 0 Å². The lowest BCUT2D eigenvalue weighted by Crippen LogP contribution is -2.17. The Bertz CT molecular complexity index is 700. The zero-order chi connectivity index (χ0) is 14.8. The molecule has 21 heavy (non-hydrogen) atoms. The van der Waals surface area contributed by atoms with E-state index in [-0.39, 0.29) is 5.91 Å². The Balaban J connectivity index is 1.82. The lowest BCUT2D eigenvalue weighted by atomic mass is 10.1. The van der Waals surface area contributed by atoms with Gasteiger partial charge in [-0.25, -0.2) is 0 Å². The van der Waals surface area contributed by atoms with E-state index < -0.39 is 0 Å². The third kappa shape index (κ3) is 2.95. The number of anilines is 1. The molecule has 1 N–H and O–H groups in total. The maximum Gasteiger partial charge on any atom is 0.255 e. The highest BCUT2D eigenvalue weighted by atomic mass is 35.5. The fourth-order valence-electron chi connectivity index (χ4n) is 2.10. The predicted octanol–water partition coefficient (Wildman–Crippen LogP) is 3.67. The van der Waals surface area contributed by atoms with Gasteiger partial charge in [-0.05, 0) is 42.8 Å². The van der Waals surface area contributed by atoms with Crippen LogP contribution in [0, 0.1) is 6.92 Å². The fourth-order valence-corrected chi connectivity index (χ4v) is 2.38. The van der Waals surface area contributed by atoms with Gasteiger partial charge < -0.3 is 14.8 Å². The van der Waals surface area contributed by atoms with Crippen LogP contribution in [0.5, 0.6) is 11.5 Å². The third-order valence-corrected chi connectivity index (χ3v) is 3.49. The standard InChI is InChI=1S/C16H14ClNO3/c1-10-2-4-13(12(17)8-10)18-16(19)11-3-5-14-15(9-11)21-7-6-20-14/h2-5,8-9H,6-7H2,1H3,(H,18,19). The van der Waals surface area contributed by atoms with E-state index in [0.29, 0.717) is 41.0 Å². The van der Waals surface area contributed by atoms with Crippen LogP contribution in [-0.2, 0) is 0 Å². The summed E-state index contributed by atoms with van der Waals surface area (Å²) < 4.78 is 10.9. The number of ether oxygens (including phenoxy) is 2. The number of rotatable bonds is 2. The molecule has 1 aliphatic rings. The van der Waals surface area contributed by atoms with Crippen LogP contribution >= 0.6 is 11.6 Å². The Labute approximate surface area is 127 Å². The van der Waals surface area contributed by atoms with Gasteiger partial charge in [-0.15, -0.1) is 0 Å². The molecule has 0 spiro atoms. The van der Waals surface area contributed by atoms with Crippen molar-refractivity contribution in [1.29, 1.82) is 0 Å². The molecule has 1 amide bonds. The molecule has 0 unspecified atom stereocenters. The van der Waals surface area contributed by atoms with E-state index >= 15 is 0 Å². The molecule has 0 fully saturated rings. The van der Waals surface area contributed by atoms with Gasteiger partial charge in [0, 0.05) is 5.56 Å². The zero-order valence-corrected chi connectivity index (χ0v) is 12.2. The molecular weight excluding hydrogens is 290 g/mol. The minimum Gasteiger partial charge on any atom is -0.486 e. The van der Waals surface area contributed by atoms with Crippen LogP contribution in [0.15, 0.2) is 36.4 Å². The summed E-state index contributed by atoms with van der Waals surface area (Å²) in [6, 6.07) is 10.6. The molecule has 0 radical (unpaired) electrons. The van der Waals surface area contributed by atoms with Crippen molar-refractivity contribution < 1.29 is 14.3 Å². The molecule has 0 bridgehead atoms. The quantitative estimate of drug-likeness (QED) is 0.921. The van der Waals surface area contributed by atoms with E-state index in [0.717, 1.165) is 5.56 Å². The smallest absolute Gasteiger partial charge is 0.255 e. The number of hydrogen-bond acceptors (Lipinski definition) is 3. The monoisotopic (exact) mass is 303 g/mol. The Hall–Kier alpha value is -2.20.